The van der Waals surface area contributed by atoms with Crippen LogP contribution < -0.4 is 19.6 Å². The maximum Gasteiger partial charge on any atom is 0.169 e. The highest BCUT2D eigenvalue weighted by atomic mass is 16.5. The van der Waals surface area contributed by atoms with E-state index < -0.39 is 0 Å². The Morgan fingerprint density at radius 1 is 1.12 bits per heavy atom. The Bertz CT molecular complexity index is 818. The average Bonchev–Trinajstić information content (AvgIpc) is 3.12. The number of methoxy groups -OCH3 is 2. The lowest BCUT2D eigenvalue weighted by Crippen LogP contribution is -2.48. The fourth-order valence-electron chi connectivity index (χ4n) is 3.45. The number of ether oxygens (including phenoxy) is 3. The van der Waals surface area contributed by atoms with E-state index in [0.717, 1.165) is 40.5 Å². The van der Waals surface area contributed by atoms with Crippen molar-refractivity contribution in [2.45, 2.75) is 25.6 Å². The van der Waals surface area contributed by atoms with Gasteiger partial charge in [-0.05, 0) is 30.7 Å². The summed E-state index contributed by atoms with van der Waals surface area (Å²) in [5, 5.41) is 2.16. The number of fused-ring (bicyclic) bond motifs is 3. The molecule has 2 aliphatic heterocycles. The average molecular weight is 338 g/mol. The van der Waals surface area contributed by atoms with Gasteiger partial charge in [0.1, 0.15) is 5.75 Å². The van der Waals surface area contributed by atoms with Crippen molar-refractivity contribution >= 4 is 5.70 Å². The van der Waals surface area contributed by atoms with Crippen LogP contribution in [-0.2, 0) is 0 Å². The molecule has 0 saturated heterocycles. The molecule has 0 unspecified atom stereocenters. The van der Waals surface area contributed by atoms with Crippen LogP contribution >= 0.6 is 0 Å². The molecule has 0 fully saturated rings. The molecule has 2 aliphatic rings. The van der Waals surface area contributed by atoms with Gasteiger partial charge < -0.3 is 19.6 Å². The number of para-hydroxylation sites is 1. The Labute approximate surface area is 147 Å². The van der Waals surface area contributed by atoms with Crippen LogP contribution in [0.5, 0.6) is 17.2 Å². The Morgan fingerprint density at radius 2 is 1.96 bits per heavy atom. The predicted octanol–water partition coefficient (Wildman–Crippen LogP) is 3.73. The third-order valence-corrected chi connectivity index (χ3v) is 4.72. The minimum absolute atomic E-state index is 0.0619. The standard InChI is InChI=1S/C20H22N2O3/c1-4-19-22-17(15-9-6-10-18(24-3)20(15)25-19)12-16(21-22)13-7-5-8-14(11-13)23-2/h5-12,17,19,21H,4H2,1-3H3/t17-,19+/m1/s1. The predicted molar refractivity (Wildman–Crippen MR) is 96.4 cm³/mol. The van der Waals surface area contributed by atoms with E-state index in [1.807, 2.05) is 30.3 Å². The molecule has 1 N–H and O–H groups in total. The van der Waals surface area contributed by atoms with Gasteiger partial charge in [-0.2, -0.15) is 5.01 Å². The molecule has 25 heavy (non-hydrogen) atoms. The molecule has 0 bridgehead atoms. The van der Waals surface area contributed by atoms with Gasteiger partial charge in [0.25, 0.3) is 0 Å². The maximum absolute atomic E-state index is 6.23. The molecule has 0 spiro atoms. The summed E-state index contributed by atoms with van der Waals surface area (Å²) >= 11 is 0. The van der Waals surface area contributed by atoms with Gasteiger partial charge in [0, 0.05) is 11.1 Å². The molecule has 5 nitrogen and oxygen atoms in total. The van der Waals surface area contributed by atoms with Crippen LogP contribution in [0.4, 0.5) is 0 Å². The summed E-state index contributed by atoms with van der Waals surface area (Å²) < 4.78 is 17.1. The number of hydrogen-bond acceptors (Lipinski definition) is 5. The van der Waals surface area contributed by atoms with Crippen LogP contribution in [0.2, 0.25) is 0 Å². The van der Waals surface area contributed by atoms with Crippen LogP contribution in [0, 0.1) is 0 Å². The van der Waals surface area contributed by atoms with E-state index in [0.29, 0.717) is 0 Å². The lowest BCUT2D eigenvalue weighted by atomic mass is 10.0. The second kappa shape index (κ2) is 6.33. The highest BCUT2D eigenvalue weighted by molar-refractivity contribution is 5.69. The van der Waals surface area contributed by atoms with Crippen molar-refractivity contribution in [3.05, 3.63) is 59.7 Å². The van der Waals surface area contributed by atoms with Crippen molar-refractivity contribution in [3.8, 4) is 17.2 Å². The fraction of sp³-hybridized carbons (Fsp3) is 0.300. The van der Waals surface area contributed by atoms with E-state index in [2.05, 4.69) is 35.6 Å². The molecule has 4 rings (SSSR count). The highest BCUT2D eigenvalue weighted by Crippen LogP contribution is 2.46. The van der Waals surface area contributed by atoms with Gasteiger partial charge >= 0.3 is 0 Å². The molecular formula is C20H22N2O3. The number of nitrogens with zero attached hydrogens (tertiary/aromatic N) is 1. The first-order chi connectivity index (χ1) is 12.2. The van der Waals surface area contributed by atoms with Gasteiger partial charge in [-0.25, -0.2) is 0 Å². The van der Waals surface area contributed by atoms with Crippen molar-refractivity contribution in [1.82, 2.24) is 10.4 Å². The zero-order valence-electron chi connectivity index (χ0n) is 14.7. The SMILES string of the molecule is CC[C@@H]1Oc2c(OC)cccc2[C@H]2C=C(c3cccc(OC)c3)NN12. The van der Waals surface area contributed by atoms with E-state index in [9.17, 15) is 0 Å². The summed E-state index contributed by atoms with van der Waals surface area (Å²) in [7, 11) is 3.36. The lowest BCUT2D eigenvalue weighted by Gasteiger charge is -2.38. The Kier molecular flexibility index (Phi) is 4.01. The quantitative estimate of drug-likeness (QED) is 0.920. The zero-order chi connectivity index (χ0) is 17.4. The lowest BCUT2D eigenvalue weighted by molar-refractivity contribution is -0.0336. The van der Waals surface area contributed by atoms with Crippen LogP contribution in [0.25, 0.3) is 5.70 Å². The first-order valence-corrected chi connectivity index (χ1v) is 8.50. The van der Waals surface area contributed by atoms with Gasteiger partial charge in [0.15, 0.2) is 17.7 Å². The van der Waals surface area contributed by atoms with E-state index in [4.69, 9.17) is 14.2 Å². The monoisotopic (exact) mass is 338 g/mol. The number of benzene rings is 2. The third-order valence-electron chi connectivity index (χ3n) is 4.72. The summed E-state index contributed by atoms with van der Waals surface area (Å²) in [4.78, 5) is 0. The van der Waals surface area contributed by atoms with Crippen molar-refractivity contribution in [2.24, 2.45) is 0 Å². The first-order valence-electron chi connectivity index (χ1n) is 8.50. The van der Waals surface area contributed by atoms with E-state index in [1.54, 1.807) is 14.2 Å². The van der Waals surface area contributed by atoms with Crippen molar-refractivity contribution in [3.63, 3.8) is 0 Å². The minimum atomic E-state index is -0.0619. The molecule has 0 amide bonds. The Hall–Kier alpha value is -2.66. The normalized spacial score (nSPS) is 21.5. The molecule has 0 aliphatic carbocycles. The second-order valence-corrected chi connectivity index (χ2v) is 6.14. The molecule has 0 aromatic heterocycles. The molecule has 130 valence electrons. The maximum atomic E-state index is 6.23. The van der Waals surface area contributed by atoms with Gasteiger partial charge in [0.2, 0.25) is 0 Å². The fourth-order valence-corrected chi connectivity index (χ4v) is 3.45. The highest BCUT2D eigenvalue weighted by Gasteiger charge is 2.39. The molecule has 5 heteroatoms. The summed E-state index contributed by atoms with van der Waals surface area (Å²) in [6, 6.07) is 14.2. The molecule has 0 saturated carbocycles. The number of nitrogens with one attached hydrogen (secondary N) is 1. The van der Waals surface area contributed by atoms with E-state index in [1.165, 1.54) is 0 Å². The van der Waals surface area contributed by atoms with Crippen LogP contribution in [0.15, 0.2) is 48.5 Å². The minimum Gasteiger partial charge on any atom is -0.497 e. The third kappa shape index (κ3) is 2.61. The smallest absolute Gasteiger partial charge is 0.169 e. The second-order valence-electron chi connectivity index (χ2n) is 6.14. The van der Waals surface area contributed by atoms with Crippen molar-refractivity contribution < 1.29 is 14.2 Å². The molecule has 2 aromatic carbocycles. The molecular weight excluding hydrogens is 316 g/mol. The Balaban J connectivity index is 1.76. The van der Waals surface area contributed by atoms with Gasteiger partial charge in [-0.3, -0.25) is 0 Å². The summed E-state index contributed by atoms with van der Waals surface area (Å²) in [5.74, 6) is 2.46. The number of rotatable bonds is 4. The molecule has 2 heterocycles. The topological polar surface area (TPSA) is 43.0 Å². The number of hydrogen-bond donors (Lipinski definition) is 1. The van der Waals surface area contributed by atoms with Gasteiger partial charge in [-0.1, -0.05) is 31.2 Å². The van der Waals surface area contributed by atoms with Gasteiger partial charge in [-0.15, -0.1) is 0 Å². The van der Waals surface area contributed by atoms with Crippen molar-refractivity contribution in [1.29, 1.82) is 0 Å². The van der Waals surface area contributed by atoms with E-state index in [-0.39, 0.29) is 12.3 Å². The summed E-state index contributed by atoms with van der Waals surface area (Å²) in [5.41, 5.74) is 6.77. The van der Waals surface area contributed by atoms with Crippen LogP contribution in [-0.4, -0.2) is 25.5 Å². The largest absolute Gasteiger partial charge is 0.497 e. The van der Waals surface area contributed by atoms with Crippen molar-refractivity contribution in [2.75, 3.05) is 14.2 Å². The Morgan fingerprint density at radius 3 is 2.72 bits per heavy atom. The molecule has 0 radical (unpaired) electrons. The molecule has 2 atom stereocenters. The first kappa shape index (κ1) is 15.8. The van der Waals surface area contributed by atoms with Crippen LogP contribution in [0.1, 0.15) is 30.5 Å². The summed E-state index contributed by atoms with van der Waals surface area (Å²) in [6.07, 6.45) is 3.03. The zero-order valence-corrected chi connectivity index (χ0v) is 14.7. The van der Waals surface area contributed by atoms with Gasteiger partial charge in [0.05, 0.1) is 26.0 Å². The summed E-state index contributed by atoms with van der Waals surface area (Å²) in [6.45, 7) is 2.12. The molecule has 2 aromatic rings. The van der Waals surface area contributed by atoms with E-state index >= 15 is 0 Å². The number of hydrazine groups is 1. The van der Waals surface area contributed by atoms with Crippen LogP contribution in [0.3, 0.4) is 0 Å².